The second-order valence-electron chi connectivity index (χ2n) is 6.99. The molecule has 6 heteroatoms. The highest BCUT2D eigenvalue weighted by molar-refractivity contribution is 6.32. The van der Waals surface area contributed by atoms with Crippen molar-refractivity contribution in [2.75, 3.05) is 0 Å². The van der Waals surface area contributed by atoms with Crippen LogP contribution in [0.25, 0.3) is 44.8 Å². The third-order valence-corrected chi connectivity index (χ3v) is 5.75. The van der Waals surface area contributed by atoms with Gasteiger partial charge in [0.2, 0.25) is 0 Å². The van der Waals surface area contributed by atoms with E-state index in [0.717, 1.165) is 66.0 Å². The fraction of sp³-hybridized carbons (Fsp3) is 0.0909. The maximum atomic E-state index is 6.23. The Labute approximate surface area is 171 Å². The molecule has 2 N–H and O–H groups in total. The van der Waals surface area contributed by atoms with Crippen molar-refractivity contribution in [3.05, 3.63) is 69.7 Å². The van der Waals surface area contributed by atoms with Crippen LogP contribution in [0.15, 0.2) is 48.5 Å². The summed E-state index contributed by atoms with van der Waals surface area (Å²) in [5.74, 6) is 1.60. The Morgan fingerprint density at radius 3 is 1.61 bits per heavy atom. The number of imidazole rings is 2. The van der Waals surface area contributed by atoms with E-state index in [0.29, 0.717) is 0 Å². The molecule has 0 amide bonds. The van der Waals surface area contributed by atoms with Crippen LogP contribution < -0.4 is 0 Å². The molecule has 0 atom stereocenters. The summed E-state index contributed by atoms with van der Waals surface area (Å²) in [6.07, 6.45) is 0. The zero-order chi connectivity index (χ0) is 19.4. The molecule has 3 aromatic carbocycles. The molecule has 138 valence electrons. The van der Waals surface area contributed by atoms with Crippen molar-refractivity contribution in [1.29, 1.82) is 0 Å². The largest absolute Gasteiger partial charge is 0.338 e. The molecular weight excluding hydrogens is 391 g/mol. The lowest BCUT2D eigenvalue weighted by Crippen LogP contribution is -1.84. The van der Waals surface area contributed by atoms with Crippen LogP contribution in [0.5, 0.6) is 0 Å². The first-order valence-corrected chi connectivity index (χ1v) is 9.66. The van der Waals surface area contributed by atoms with Gasteiger partial charge in [0.1, 0.15) is 11.6 Å². The van der Waals surface area contributed by atoms with E-state index in [1.165, 1.54) is 0 Å². The minimum absolute atomic E-state index is 0.718. The lowest BCUT2D eigenvalue weighted by molar-refractivity contribution is 1.31. The molecule has 0 saturated carbocycles. The number of nitrogens with one attached hydrogen (secondary N) is 2. The molecule has 0 aliphatic rings. The molecule has 28 heavy (non-hydrogen) atoms. The molecule has 0 bridgehead atoms. The molecule has 0 spiro atoms. The van der Waals surface area contributed by atoms with Crippen LogP contribution in [0.3, 0.4) is 0 Å². The minimum Gasteiger partial charge on any atom is -0.338 e. The molecule has 0 fully saturated rings. The Morgan fingerprint density at radius 1 is 0.679 bits per heavy atom. The van der Waals surface area contributed by atoms with Gasteiger partial charge in [-0.1, -0.05) is 41.4 Å². The zero-order valence-electron chi connectivity index (χ0n) is 15.3. The average Bonchev–Trinajstić information content (AvgIpc) is 3.26. The van der Waals surface area contributed by atoms with Crippen molar-refractivity contribution in [1.82, 2.24) is 19.9 Å². The molecule has 0 aliphatic heterocycles. The number of H-pyrrole nitrogens is 2. The molecule has 0 saturated heterocycles. The first-order valence-electron chi connectivity index (χ1n) is 8.90. The highest BCUT2D eigenvalue weighted by Gasteiger charge is 2.11. The Bertz CT molecular complexity index is 1190. The number of aromatic nitrogens is 4. The van der Waals surface area contributed by atoms with Gasteiger partial charge >= 0.3 is 0 Å². The number of aromatic amines is 2. The average molecular weight is 407 g/mol. The molecule has 2 aromatic heterocycles. The Morgan fingerprint density at radius 2 is 1.14 bits per heavy atom. The van der Waals surface area contributed by atoms with E-state index in [1.54, 1.807) is 0 Å². The molecule has 2 heterocycles. The van der Waals surface area contributed by atoms with Gasteiger partial charge in [-0.05, 0) is 55.3 Å². The summed E-state index contributed by atoms with van der Waals surface area (Å²) in [4.78, 5) is 16.2. The van der Waals surface area contributed by atoms with Crippen molar-refractivity contribution in [2.45, 2.75) is 13.8 Å². The second kappa shape index (κ2) is 6.36. The summed E-state index contributed by atoms with van der Waals surface area (Å²) in [5.41, 5.74) is 7.65. The van der Waals surface area contributed by atoms with E-state index in [4.69, 9.17) is 33.2 Å². The van der Waals surface area contributed by atoms with Crippen LogP contribution in [-0.2, 0) is 0 Å². The lowest BCUT2D eigenvalue weighted by atomic mass is 10.1. The van der Waals surface area contributed by atoms with Gasteiger partial charge in [0.15, 0.2) is 0 Å². The normalized spacial score (nSPS) is 11.6. The highest BCUT2D eigenvalue weighted by Crippen LogP contribution is 2.29. The number of hydrogen-bond acceptors (Lipinski definition) is 2. The van der Waals surface area contributed by atoms with E-state index < -0.39 is 0 Å². The van der Waals surface area contributed by atoms with Gasteiger partial charge in [-0.25, -0.2) is 9.97 Å². The predicted molar refractivity (Wildman–Crippen MR) is 116 cm³/mol. The van der Waals surface area contributed by atoms with Gasteiger partial charge < -0.3 is 9.97 Å². The molecule has 0 unspecified atom stereocenters. The number of fused-ring (bicyclic) bond motifs is 2. The molecule has 0 radical (unpaired) electrons. The number of aryl methyl sites for hydroxylation is 2. The zero-order valence-corrected chi connectivity index (χ0v) is 16.8. The number of benzene rings is 3. The van der Waals surface area contributed by atoms with Crippen LogP contribution >= 0.6 is 23.2 Å². The topological polar surface area (TPSA) is 57.4 Å². The molecule has 5 aromatic rings. The highest BCUT2D eigenvalue weighted by atomic mass is 35.5. The number of halogens is 2. The fourth-order valence-corrected chi connectivity index (χ4v) is 3.68. The first-order chi connectivity index (χ1) is 13.5. The smallest absolute Gasteiger partial charge is 0.138 e. The summed E-state index contributed by atoms with van der Waals surface area (Å²) in [7, 11) is 0. The molecule has 5 rings (SSSR count). The maximum absolute atomic E-state index is 6.23. The third-order valence-electron chi connectivity index (χ3n) is 4.93. The van der Waals surface area contributed by atoms with Gasteiger partial charge in [-0.3, -0.25) is 0 Å². The second-order valence-corrected chi connectivity index (χ2v) is 7.80. The number of rotatable bonds is 2. The van der Waals surface area contributed by atoms with Crippen molar-refractivity contribution in [2.24, 2.45) is 0 Å². The quantitative estimate of drug-likeness (QED) is 0.342. The van der Waals surface area contributed by atoms with Gasteiger partial charge in [0.05, 0.1) is 22.1 Å². The summed E-state index contributed by atoms with van der Waals surface area (Å²) in [6.45, 7) is 3.97. The molecular formula is C22H16Cl2N4. The van der Waals surface area contributed by atoms with Crippen LogP contribution in [0.2, 0.25) is 10.0 Å². The van der Waals surface area contributed by atoms with Crippen LogP contribution in [-0.4, -0.2) is 19.9 Å². The van der Waals surface area contributed by atoms with Crippen molar-refractivity contribution >= 4 is 45.3 Å². The summed E-state index contributed by atoms with van der Waals surface area (Å²) in [6, 6.07) is 15.9. The van der Waals surface area contributed by atoms with E-state index in [1.807, 2.05) is 56.3 Å². The fourth-order valence-electron chi connectivity index (χ4n) is 3.37. The standard InChI is InChI=1S/C22H16Cl2N4/c1-11-6-17-19(9-15(11)23)27-21(25-17)13-4-3-5-14(8-13)22-26-18-7-12(2)16(24)10-20(18)28-22/h3-10H,1-2H3,(H,25,27)(H,26,28). The van der Waals surface area contributed by atoms with Gasteiger partial charge in [-0.2, -0.15) is 0 Å². The predicted octanol–water partition coefficient (Wildman–Crippen LogP) is 6.70. The minimum atomic E-state index is 0.718. The molecule has 0 aliphatic carbocycles. The Hall–Kier alpha value is -2.82. The van der Waals surface area contributed by atoms with E-state index in [-0.39, 0.29) is 0 Å². The maximum Gasteiger partial charge on any atom is 0.138 e. The van der Waals surface area contributed by atoms with Crippen LogP contribution in [0.4, 0.5) is 0 Å². The summed E-state index contributed by atoms with van der Waals surface area (Å²) >= 11 is 12.5. The Balaban J connectivity index is 1.60. The first kappa shape index (κ1) is 17.3. The summed E-state index contributed by atoms with van der Waals surface area (Å²) < 4.78 is 0. The van der Waals surface area contributed by atoms with Crippen molar-refractivity contribution < 1.29 is 0 Å². The van der Waals surface area contributed by atoms with Crippen LogP contribution in [0.1, 0.15) is 11.1 Å². The van der Waals surface area contributed by atoms with Crippen LogP contribution in [0, 0.1) is 13.8 Å². The lowest BCUT2D eigenvalue weighted by Gasteiger charge is -2.00. The summed E-state index contributed by atoms with van der Waals surface area (Å²) in [5, 5.41) is 1.44. The van der Waals surface area contributed by atoms with E-state index >= 15 is 0 Å². The number of nitrogens with zero attached hydrogens (tertiary/aromatic N) is 2. The van der Waals surface area contributed by atoms with E-state index in [9.17, 15) is 0 Å². The van der Waals surface area contributed by atoms with Crippen molar-refractivity contribution in [3.63, 3.8) is 0 Å². The van der Waals surface area contributed by atoms with Crippen molar-refractivity contribution in [3.8, 4) is 22.8 Å². The number of hydrogen-bond donors (Lipinski definition) is 2. The Kier molecular flexibility index (Phi) is 3.93. The van der Waals surface area contributed by atoms with Gasteiger partial charge in [0.25, 0.3) is 0 Å². The van der Waals surface area contributed by atoms with Gasteiger partial charge in [-0.15, -0.1) is 0 Å². The third kappa shape index (κ3) is 2.86. The molecule has 4 nitrogen and oxygen atoms in total. The van der Waals surface area contributed by atoms with E-state index in [2.05, 4.69) is 16.0 Å². The monoisotopic (exact) mass is 406 g/mol. The van der Waals surface area contributed by atoms with Gasteiger partial charge in [0, 0.05) is 21.2 Å². The SMILES string of the molecule is Cc1cc2[nH]c(-c3cccc(-c4nc5cc(Cl)c(C)cc5[nH]4)c3)nc2cc1Cl.